The molecule has 0 fully saturated rings. The summed E-state index contributed by atoms with van der Waals surface area (Å²) in [6, 6.07) is 15.7. The van der Waals surface area contributed by atoms with Gasteiger partial charge in [0.05, 0.1) is 30.9 Å². The fourth-order valence-electron chi connectivity index (χ4n) is 3.98. The number of ether oxygens (including phenoxy) is 1. The monoisotopic (exact) mass is 514 g/mol. The first kappa shape index (κ1) is 29.7. The summed E-state index contributed by atoms with van der Waals surface area (Å²) in [7, 11) is 1.34. The number of rotatable bonds is 14. The number of nitrogens with one attached hydrogen (secondary N) is 1. The molecule has 0 radical (unpaired) electrons. The van der Waals surface area contributed by atoms with E-state index in [2.05, 4.69) is 50.0 Å². The third-order valence-corrected chi connectivity index (χ3v) is 7.10. The summed E-state index contributed by atoms with van der Waals surface area (Å²) in [4.78, 5) is 28.2. The fraction of sp³-hybridized carbons (Fsp3) is 0.517. The first-order chi connectivity index (χ1) is 17.1. The molecule has 0 bridgehead atoms. The minimum absolute atomic E-state index is 0.215. The molecule has 198 valence electrons. The van der Waals surface area contributed by atoms with Crippen LogP contribution in [0.2, 0.25) is 0 Å². The van der Waals surface area contributed by atoms with Crippen LogP contribution in [0.25, 0.3) is 0 Å². The molecule has 2 rings (SSSR count). The average Bonchev–Trinajstić information content (AvgIpc) is 2.86. The summed E-state index contributed by atoms with van der Waals surface area (Å²) in [5.74, 6) is 1.01. The minimum Gasteiger partial charge on any atom is -0.467 e. The predicted octanol–water partition coefficient (Wildman–Crippen LogP) is 5.61. The maximum Gasteiger partial charge on any atom is 0.331 e. The molecule has 7 heteroatoms. The molecule has 2 aromatic carbocycles. The lowest BCUT2D eigenvalue weighted by Gasteiger charge is -2.29. The van der Waals surface area contributed by atoms with Crippen LogP contribution in [0.3, 0.4) is 0 Å². The van der Waals surface area contributed by atoms with Crippen molar-refractivity contribution < 1.29 is 18.5 Å². The van der Waals surface area contributed by atoms with Crippen molar-refractivity contribution in [3.8, 4) is 5.75 Å². The summed E-state index contributed by atoms with van der Waals surface area (Å²) in [6.45, 7) is 14.1. The van der Waals surface area contributed by atoms with Gasteiger partial charge in [0.15, 0.2) is 0 Å². The van der Waals surface area contributed by atoms with E-state index in [1.165, 1.54) is 24.7 Å². The number of benzene rings is 2. The van der Waals surface area contributed by atoms with Gasteiger partial charge in [-0.2, -0.15) is 0 Å². The molecule has 0 spiro atoms. The van der Waals surface area contributed by atoms with Gasteiger partial charge in [-0.25, -0.2) is 4.79 Å². The minimum atomic E-state index is -1.20. The van der Waals surface area contributed by atoms with Gasteiger partial charge in [0.2, 0.25) is 5.91 Å². The van der Waals surface area contributed by atoms with Gasteiger partial charge in [0.1, 0.15) is 11.3 Å². The van der Waals surface area contributed by atoms with E-state index in [0.29, 0.717) is 12.3 Å². The molecule has 2 aromatic rings. The molecular formula is C29H42N2O4S. The Hall–Kier alpha value is -2.51. The predicted molar refractivity (Wildman–Crippen MR) is 148 cm³/mol. The molecule has 0 unspecified atom stereocenters. The van der Waals surface area contributed by atoms with E-state index < -0.39 is 17.4 Å². The maximum absolute atomic E-state index is 13.2. The highest BCUT2D eigenvalue weighted by Crippen LogP contribution is 2.23. The van der Waals surface area contributed by atoms with Crippen LogP contribution in [0.4, 0.5) is 0 Å². The Balaban J connectivity index is 2.05. The van der Waals surface area contributed by atoms with Crippen molar-refractivity contribution in [1.29, 1.82) is 0 Å². The summed E-state index contributed by atoms with van der Waals surface area (Å²) < 4.78 is 10.8. The molecule has 1 N–H and O–H groups in total. The molecule has 2 atom stereocenters. The molecule has 6 nitrogen and oxygen atoms in total. The van der Waals surface area contributed by atoms with Gasteiger partial charge in [-0.3, -0.25) is 9.69 Å². The standard InChI is InChI=1S/C29H42N2O4S/c1-8-31(9-2)20-36-35-26-16-12-24(13-17-26)19-29(6,28(33)34-7)30-27(32)22(5)25-14-10-23(11-15-25)18-21(3)4/h10-17,21-22H,8-9,18-20H2,1-7H3,(H,30,32)/t22-,29+/m1/s1. The Morgan fingerprint density at radius 1 is 0.972 bits per heavy atom. The van der Waals surface area contributed by atoms with Crippen molar-refractivity contribution >= 4 is 23.9 Å². The molecule has 0 saturated carbocycles. The number of esters is 1. The largest absolute Gasteiger partial charge is 0.467 e. The van der Waals surface area contributed by atoms with Crippen molar-refractivity contribution in [2.24, 2.45) is 5.92 Å². The third-order valence-electron chi connectivity index (χ3n) is 6.32. The lowest BCUT2D eigenvalue weighted by atomic mass is 9.90. The van der Waals surface area contributed by atoms with Crippen LogP contribution >= 0.6 is 12.0 Å². The van der Waals surface area contributed by atoms with E-state index in [1.54, 1.807) is 6.92 Å². The Morgan fingerprint density at radius 3 is 2.08 bits per heavy atom. The summed E-state index contributed by atoms with van der Waals surface area (Å²) >= 11 is 1.40. The number of nitrogens with zero attached hydrogens (tertiary/aromatic N) is 1. The number of methoxy groups -OCH3 is 1. The smallest absolute Gasteiger partial charge is 0.331 e. The Kier molecular flexibility index (Phi) is 11.8. The highest BCUT2D eigenvalue weighted by molar-refractivity contribution is 7.94. The Labute approximate surface area is 221 Å². The lowest BCUT2D eigenvalue weighted by molar-refractivity contribution is -0.150. The molecule has 36 heavy (non-hydrogen) atoms. The van der Waals surface area contributed by atoms with Gasteiger partial charge < -0.3 is 14.2 Å². The second kappa shape index (κ2) is 14.3. The normalized spacial score (nSPS) is 13.8. The van der Waals surface area contributed by atoms with Gasteiger partial charge in [-0.1, -0.05) is 64.1 Å². The lowest BCUT2D eigenvalue weighted by Crippen LogP contribution is -2.55. The molecule has 0 aromatic heterocycles. The number of carbonyl (C=O) groups excluding carboxylic acids is 2. The zero-order chi connectivity index (χ0) is 26.7. The number of hydrogen-bond donors (Lipinski definition) is 1. The maximum atomic E-state index is 13.2. The van der Waals surface area contributed by atoms with Crippen molar-refractivity contribution in [3.63, 3.8) is 0 Å². The van der Waals surface area contributed by atoms with Crippen molar-refractivity contribution in [1.82, 2.24) is 10.2 Å². The second-order valence-corrected chi connectivity index (χ2v) is 10.5. The van der Waals surface area contributed by atoms with E-state index >= 15 is 0 Å². The van der Waals surface area contributed by atoms with Crippen LogP contribution in [0.15, 0.2) is 48.5 Å². The Morgan fingerprint density at radius 2 is 1.56 bits per heavy atom. The van der Waals surface area contributed by atoms with Crippen LogP contribution in [-0.4, -0.2) is 48.4 Å². The average molecular weight is 515 g/mol. The SMILES string of the molecule is CCN(CC)CSOc1ccc(C[C@](C)(NC(=O)[C@H](C)c2ccc(CC(C)C)cc2)C(=O)OC)cc1. The van der Waals surface area contributed by atoms with E-state index in [1.807, 2.05) is 43.3 Å². The van der Waals surface area contributed by atoms with Crippen LogP contribution in [0.5, 0.6) is 5.75 Å². The number of amides is 1. The molecule has 1 amide bonds. The van der Waals surface area contributed by atoms with Crippen molar-refractivity contribution in [2.45, 2.75) is 65.8 Å². The van der Waals surface area contributed by atoms with Crippen LogP contribution in [0, 0.1) is 5.92 Å². The summed E-state index contributed by atoms with van der Waals surface area (Å²) in [5.41, 5.74) is 1.86. The molecule has 0 aliphatic carbocycles. The Bertz CT molecular complexity index is 958. The highest BCUT2D eigenvalue weighted by atomic mass is 32.2. The first-order valence-corrected chi connectivity index (χ1v) is 13.6. The van der Waals surface area contributed by atoms with Crippen LogP contribution in [-0.2, 0) is 27.2 Å². The molecule has 0 aliphatic rings. The molecule has 0 heterocycles. The summed E-state index contributed by atoms with van der Waals surface area (Å²) in [6.07, 6.45) is 1.30. The molecule has 0 saturated heterocycles. The first-order valence-electron chi connectivity index (χ1n) is 12.7. The highest BCUT2D eigenvalue weighted by Gasteiger charge is 2.37. The van der Waals surface area contributed by atoms with E-state index in [9.17, 15) is 9.59 Å². The molecule has 0 aliphatic heterocycles. The van der Waals surface area contributed by atoms with Crippen LogP contribution in [0.1, 0.15) is 64.2 Å². The van der Waals surface area contributed by atoms with E-state index in [4.69, 9.17) is 8.92 Å². The topological polar surface area (TPSA) is 67.9 Å². The third kappa shape index (κ3) is 8.86. The van der Waals surface area contributed by atoms with Gasteiger partial charge in [-0.05, 0) is 68.1 Å². The van der Waals surface area contributed by atoms with Crippen molar-refractivity contribution in [2.75, 3.05) is 26.1 Å². The zero-order valence-electron chi connectivity index (χ0n) is 22.8. The van der Waals surface area contributed by atoms with Crippen molar-refractivity contribution in [3.05, 3.63) is 65.2 Å². The second-order valence-electron chi connectivity index (χ2n) is 9.83. The zero-order valence-corrected chi connectivity index (χ0v) is 23.6. The van der Waals surface area contributed by atoms with Gasteiger partial charge in [0.25, 0.3) is 0 Å². The van der Waals surface area contributed by atoms with Gasteiger partial charge >= 0.3 is 5.97 Å². The number of hydrogen-bond acceptors (Lipinski definition) is 6. The molecular weight excluding hydrogens is 472 g/mol. The van der Waals surface area contributed by atoms with Crippen LogP contribution < -0.4 is 9.50 Å². The van der Waals surface area contributed by atoms with E-state index in [0.717, 1.165) is 42.3 Å². The number of carbonyl (C=O) groups is 2. The quantitative estimate of drug-likeness (QED) is 0.201. The summed E-state index contributed by atoms with van der Waals surface area (Å²) in [5, 5.41) is 2.96. The van der Waals surface area contributed by atoms with Gasteiger partial charge in [0, 0.05) is 6.42 Å². The fourth-order valence-corrected chi connectivity index (χ4v) is 4.80. The van der Waals surface area contributed by atoms with E-state index in [-0.39, 0.29) is 5.91 Å². The van der Waals surface area contributed by atoms with Gasteiger partial charge in [-0.15, -0.1) is 0 Å².